The van der Waals surface area contributed by atoms with Crippen LogP contribution in [0.4, 0.5) is 0 Å². The van der Waals surface area contributed by atoms with Crippen molar-refractivity contribution in [2.45, 2.75) is 6.42 Å². The van der Waals surface area contributed by atoms with E-state index in [0.717, 1.165) is 49.5 Å². The number of rotatable bonds is 6. The van der Waals surface area contributed by atoms with Crippen molar-refractivity contribution in [3.63, 3.8) is 0 Å². The molecule has 0 unspecified atom stereocenters. The van der Waals surface area contributed by atoms with Gasteiger partial charge >= 0.3 is 0 Å². The summed E-state index contributed by atoms with van der Waals surface area (Å²) < 4.78 is 6.19. The summed E-state index contributed by atoms with van der Waals surface area (Å²) in [7, 11) is 0. The number of hydrogen-bond acceptors (Lipinski definition) is 6. The molecule has 146 valence electrons. The number of benzene rings is 2. The van der Waals surface area contributed by atoms with Crippen LogP contribution in [-0.4, -0.2) is 60.3 Å². The molecule has 1 fully saturated rings. The van der Waals surface area contributed by atoms with Gasteiger partial charge in [-0.2, -0.15) is 0 Å². The number of phenolic OH excluding ortho intramolecular Hbond substituents is 1. The Morgan fingerprint density at radius 1 is 1.18 bits per heavy atom. The molecule has 0 saturated carbocycles. The minimum atomic E-state index is -0.0833. The zero-order valence-electron chi connectivity index (χ0n) is 15.6. The maximum Gasteiger partial charge on any atom is 0.252 e. The minimum absolute atomic E-state index is 0.0833. The maximum absolute atomic E-state index is 12.7. The number of nitrogens with one attached hydrogen (secondary N) is 1. The quantitative estimate of drug-likeness (QED) is 0.625. The van der Waals surface area contributed by atoms with E-state index in [9.17, 15) is 9.90 Å². The number of morpholine rings is 1. The lowest BCUT2D eigenvalue weighted by Gasteiger charge is -2.26. The van der Waals surface area contributed by atoms with E-state index in [1.54, 1.807) is 12.1 Å². The summed E-state index contributed by atoms with van der Waals surface area (Å²) >= 11 is 1.43. The van der Waals surface area contributed by atoms with Crippen molar-refractivity contribution in [1.82, 2.24) is 15.2 Å². The average Bonchev–Trinajstić information content (AvgIpc) is 3.16. The third-order valence-corrected chi connectivity index (χ3v) is 5.97. The Kier molecular flexibility index (Phi) is 5.85. The van der Waals surface area contributed by atoms with Crippen LogP contribution in [-0.2, 0) is 4.74 Å². The van der Waals surface area contributed by atoms with Crippen LogP contribution in [0.25, 0.3) is 20.8 Å². The summed E-state index contributed by atoms with van der Waals surface area (Å²) in [6, 6.07) is 12.7. The largest absolute Gasteiger partial charge is 0.507 e. The molecule has 2 heterocycles. The molecule has 6 nitrogen and oxygen atoms in total. The molecule has 7 heteroatoms. The highest BCUT2D eigenvalue weighted by Crippen LogP contribution is 2.36. The Bertz CT molecular complexity index is 966. The Morgan fingerprint density at radius 2 is 2.00 bits per heavy atom. The standard InChI is InChI=1S/C21H23N3O3S/c25-18-8-2-1-5-15(18)21-23-17-7-3-6-16(19(17)28-21)20(26)22-9-4-10-24-11-13-27-14-12-24/h1-3,5-8,25H,4,9-14H2,(H,22,26). The van der Waals surface area contributed by atoms with E-state index < -0.39 is 0 Å². The number of aromatic hydroxyl groups is 1. The fourth-order valence-electron chi connectivity index (χ4n) is 3.32. The van der Waals surface area contributed by atoms with Crippen molar-refractivity contribution >= 4 is 27.5 Å². The average molecular weight is 398 g/mol. The summed E-state index contributed by atoms with van der Waals surface area (Å²) in [5.41, 5.74) is 2.08. The Balaban J connectivity index is 1.44. The number of fused-ring (bicyclic) bond motifs is 1. The number of para-hydroxylation sites is 1. The van der Waals surface area contributed by atoms with E-state index in [1.807, 2.05) is 30.3 Å². The number of phenols is 1. The summed E-state index contributed by atoms with van der Waals surface area (Å²) in [4.78, 5) is 19.7. The molecule has 0 radical (unpaired) electrons. The van der Waals surface area contributed by atoms with Gasteiger partial charge in [0.25, 0.3) is 5.91 Å². The molecule has 1 aromatic heterocycles. The number of hydrogen-bond donors (Lipinski definition) is 2. The van der Waals surface area contributed by atoms with Crippen LogP contribution in [0.1, 0.15) is 16.8 Å². The lowest BCUT2D eigenvalue weighted by Crippen LogP contribution is -2.38. The Labute approximate surface area is 167 Å². The Morgan fingerprint density at radius 3 is 2.82 bits per heavy atom. The van der Waals surface area contributed by atoms with Gasteiger partial charge in [-0.15, -0.1) is 11.3 Å². The van der Waals surface area contributed by atoms with E-state index in [2.05, 4.69) is 15.2 Å². The van der Waals surface area contributed by atoms with Gasteiger partial charge in [0.1, 0.15) is 10.8 Å². The molecular formula is C21H23N3O3S. The predicted octanol–water partition coefficient (Wildman–Crippen LogP) is 3.12. The van der Waals surface area contributed by atoms with Crippen molar-refractivity contribution in [3.05, 3.63) is 48.0 Å². The lowest BCUT2D eigenvalue weighted by atomic mass is 10.2. The van der Waals surface area contributed by atoms with E-state index in [-0.39, 0.29) is 11.7 Å². The summed E-state index contributed by atoms with van der Waals surface area (Å²) in [5.74, 6) is 0.107. The van der Waals surface area contributed by atoms with Crippen LogP contribution in [0.3, 0.4) is 0 Å². The fourth-order valence-corrected chi connectivity index (χ4v) is 4.43. The van der Waals surface area contributed by atoms with Crippen LogP contribution >= 0.6 is 11.3 Å². The van der Waals surface area contributed by atoms with Gasteiger partial charge in [0.05, 0.1) is 34.6 Å². The molecule has 2 aromatic carbocycles. The third kappa shape index (κ3) is 4.16. The molecule has 0 bridgehead atoms. The maximum atomic E-state index is 12.7. The molecule has 3 aromatic rings. The molecule has 0 atom stereocenters. The van der Waals surface area contributed by atoms with Crippen LogP contribution in [0, 0.1) is 0 Å². The zero-order chi connectivity index (χ0) is 19.3. The first kappa shape index (κ1) is 18.9. The monoisotopic (exact) mass is 397 g/mol. The van der Waals surface area contributed by atoms with Gasteiger partial charge in [0.15, 0.2) is 0 Å². The molecule has 1 aliphatic rings. The first-order valence-corrected chi connectivity index (χ1v) is 10.3. The van der Waals surface area contributed by atoms with Crippen molar-refractivity contribution in [1.29, 1.82) is 0 Å². The first-order valence-electron chi connectivity index (χ1n) is 9.48. The molecule has 0 aliphatic carbocycles. The highest BCUT2D eigenvalue weighted by atomic mass is 32.1. The zero-order valence-corrected chi connectivity index (χ0v) is 16.4. The third-order valence-electron chi connectivity index (χ3n) is 4.83. The molecule has 0 spiro atoms. The molecule has 1 saturated heterocycles. The smallest absolute Gasteiger partial charge is 0.252 e. The minimum Gasteiger partial charge on any atom is -0.507 e. The number of aromatic nitrogens is 1. The van der Waals surface area contributed by atoms with Crippen molar-refractivity contribution in [3.8, 4) is 16.3 Å². The molecule has 4 rings (SSSR count). The molecule has 1 aliphatic heterocycles. The first-order chi connectivity index (χ1) is 13.7. The second-order valence-corrected chi connectivity index (χ2v) is 7.75. The van der Waals surface area contributed by atoms with Gasteiger partial charge in [-0.25, -0.2) is 4.98 Å². The van der Waals surface area contributed by atoms with E-state index in [0.29, 0.717) is 22.7 Å². The van der Waals surface area contributed by atoms with Crippen LogP contribution in [0.5, 0.6) is 5.75 Å². The van der Waals surface area contributed by atoms with Gasteiger partial charge in [0, 0.05) is 19.6 Å². The normalized spacial score (nSPS) is 15.0. The Hall–Kier alpha value is -2.48. The van der Waals surface area contributed by atoms with Crippen LogP contribution < -0.4 is 5.32 Å². The highest BCUT2D eigenvalue weighted by Gasteiger charge is 2.16. The van der Waals surface area contributed by atoms with Gasteiger partial charge in [-0.05, 0) is 37.2 Å². The number of thiazole rings is 1. The number of amides is 1. The fraction of sp³-hybridized carbons (Fsp3) is 0.333. The molecule has 28 heavy (non-hydrogen) atoms. The number of carbonyl (C=O) groups is 1. The topological polar surface area (TPSA) is 74.7 Å². The highest BCUT2D eigenvalue weighted by molar-refractivity contribution is 7.22. The summed E-state index contributed by atoms with van der Waals surface area (Å²) in [6.07, 6.45) is 0.910. The number of carbonyl (C=O) groups excluding carboxylic acids is 1. The predicted molar refractivity (Wildman–Crippen MR) is 111 cm³/mol. The number of nitrogens with zero attached hydrogens (tertiary/aromatic N) is 2. The van der Waals surface area contributed by atoms with E-state index in [1.165, 1.54) is 11.3 Å². The van der Waals surface area contributed by atoms with Gasteiger partial charge in [-0.1, -0.05) is 18.2 Å². The second-order valence-electron chi connectivity index (χ2n) is 6.75. The van der Waals surface area contributed by atoms with Crippen molar-refractivity contribution in [2.75, 3.05) is 39.4 Å². The summed E-state index contributed by atoms with van der Waals surface area (Å²) in [5, 5.41) is 13.8. The second kappa shape index (κ2) is 8.68. The molecule has 2 N–H and O–H groups in total. The van der Waals surface area contributed by atoms with Crippen LogP contribution in [0.15, 0.2) is 42.5 Å². The van der Waals surface area contributed by atoms with Crippen LogP contribution in [0.2, 0.25) is 0 Å². The number of ether oxygens (including phenoxy) is 1. The van der Waals surface area contributed by atoms with Gasteiger partial charge in [0.2, 0.25) is 0 Å². The van der Waals surface area contributed by atoms with E-state index >= 15 is 0 Å². The summed E-state index contributed by atoms with van der Waals surface area (Å²) in [6.45, 7) is 5.11. The van der Waals surface area contributed by atoms with Gasteiger partial charge in [-0.3, -0.25) is 9.69 Å². The lowest BCUT2D eigenvalue weighted by molar-refractivity contribution is 0.0374. The molecule has 1 amide bonds. The van der Waals surface area contributed by atoms with Crippen molar-refractivity contribution < 1.29 is 14.6 Å². The SMILES string of the molecule is O=C(NCCCN1CCOCC1)c1cccc2nc(-c3ccccc3O)sc12. The molecular weight excluding hydrogens is 374 g/mol. The van der Waals surface area contributed by atoms with E-state index in [4.69, 9.17) is 4.74 Å². The van der Waals surface area contributed by atoms with Crippen molar-refractivity contribution in [2.24, 2.45) is 0 Å². The van der Waals surface area contributed by atoms with Gasteiger partial charge < -0.3 is 15.2 Å².